The van der Waals surface area contributed by atoms with E-state index in [4.69, 9.17) is 28.4 Å². The van der Waals surface area contributed by atoms with Crippen molar-refractivity contribution in [1.82, 2.24) is 19.6 Å². The summed E-state index contributed by atoms with van der Waals surface area (Å²) in [4.78, 5) is 112. The molecule has 2 aliphatic carbocycles. The molecule has 0 spiro atoms. The number of anilines is 2. The van der Waals surface area contributed by atoms with Crippen molar-refractivity contribution in [3.63, 3.8) is 0 Å². The van der Waals surface area contributed by atoms with Crippen molar-refractivity contribution in [2.75, 3.05) is 97.2 Å². The molecule has 2 saturated carbocycles. The summed E-state index contributed by atoms with van der Waals surface area (Å²) in [6.07, 6.45) is -3.47. The van der Waals surface area contributed by atoms with Crippen molar-refractivity contribution < 1.29 is 70.8 Å². The van der Waals surface area contributed by atoms with E-state index in [0.717, 1.165) is 46.9 Å². The Morgan fingerprint density at radius 2 is 0.852 bits per heavy atom. The zero-order valence-electron chi connectivity index (χ0n) is 49.1. The number of cyclic esters (lactones) is 3. The Bertz CT molecular complexity index is 2490. The molecule has 21 heteroatoms. The molecule has 0 aromatic heterocycles. The van der Waals surface area contributed by atoms with Crippen LogP contribution in [-0.4, -0.2) is 208 Å². The van der Waals surface area contributed by atoms with Gasteiger partial charge in [-0.05, 0) is 102 Å². The number of halogens is 2. The summed E-state index contributed by atoms with van der Waals surface area (Å²) < 4.78 is 67.3. The third kappa shape index (κ3) is 17.8. The number of amides is 4. The van der Waals surface area contributed by atoms with Crippen LogP contribution in [-0.2, 0) is 74.8 Å². The topological polar surface area (TPSA) is 194 Å². The van der Waals surface area contributed by atoms with Gasteiger partial charge in [0.25, 0.3) is 23.6 Å². The fraction of sp³-hybridized carbons (Fsp3) is 0.683. The molecule has 0 N–H and O–H groups in total. The van der Waals surface area contributed by atoms with Crippen LogP contribution in [0.2, 0.25) is 0 Å². The Morgan fingerprint density at radius 1 is 0.481 bits per heavy atom. The van der Waals surface area contributed by atoms with Gasteiger partial charge in [-0.1, -0.05) is 49.9 Å². The second-order valence-electron chi connectivity index (χ2n) is 24.0. The molecular weight excluding hydrogens is 1050 g/mol. The molecule has 0 bridgehead atoms. The summed E-state index contributed by atoms with van der Waals surface area (Å²) in [7, 11) is 5.53. The van der Waals surface area contributed by atoms with Gasteiger partial charge in [0, 0.05) is 91.4 Å². The second kappa shape index (κ2) is 27.4. The monoisotopic (exact) mass is 1140 g/mol. The van der Waals surface area contributed by atoms with E-state index in [-0.39, 0.29) is 50.5 Å². The average Bonchev–Trinajstić information content (AvgIpc) is 4.42. The molecule has 7 rings (SSSR count). The number of hydrogen-bond acceptors (Lipinski definition) is 15. The number of hydrogen-bond donors (Lipinski definition) is 0. The van der Waals surface area contributed by atoms with Crippen LogP contribution in [0, 0.1) is 11.8 Å². The predicted octanol–water partition coefficient (Wildman–Crippen LogP) is 5.50. The molecule has 448 valence electrons. The lowest BCUT2D eigenvalue weighted by molar-refractivity contribution is -0.175. The summed E-state index contributed by atoms with van der Waals surface area (Å²) >= 11 is 0. The van der Waals surface area contributed by atoms with Gasteiger partial charge in [0.2, 0.25) is 0 Å². The molecule has 0 unspecified atom stereocenters. The first kappa shape index (κ1) is 62.7. The zero-order valence-corrected chi connectivity index (χ0v) is 49.1. The van der Waals surface area contributed by atoms with E-state index in [2.05, 4.69) is 9.80 Å². The quantitative estimate of drug-likeness (QED) is 0.170. The Labute approximate surface area is 476 Å². The lowest BCUT2D eigenvalue weighted by Gasteiger charge is -2.36. The highest BCUT2D eigenvalue weighted by atomic mass is 19.1. The van der Waals surface area contributed by atoms with E-state index < -0.39 is 108 Å². The first-order valence-electron chi connectivity index (χ1n) is 28.8. The van der Waals surface area contributed by atoms with Crippen molar-refractivity contribution >= 4 is 52.9 Å². The molecule has 4 amide bonds. The van der Waals surface area contributed by atoms with Gasteiger partial charge in [-0.2, -0.15) is 0 Å². The van der Waals surface area contributed by atoms with Gasteiger partial charge in [-0.3, -0.25) is 19.2 Å². The van der Waals surface area contributed by atoms with Crippen molar-refractivity contribution in [1.29, 1.82) is 0 Å². The highest BCUT2D eigenvalue weighted by molar-refractivity contribution is 5.93. The number of morpholine rings is 2. The maximum absolute atomic E-state index is 15.9. The number of carbonyl (C=O) groups excluding carboxylic acids is 7. The summed E-state index contributed by atoms with van der Waals surface area (Å²) in [6.45, 7) is 12.6. The number of likely N-dealkylation sites (N-methyl/N-ethyl adjacent to an activating group) is 4. The Kier molecular flexibility index (Phi) is 21.2. The van der Waals surface area contributed by atoms with Crippen molar-refractivity contribution in [2.45, 2.75) is 166 Å². The first-order valence-corrected chi connectivity index (χ1v) is 28.8. The number of carbonyl (C=O) groups is 7. The molecule has 0 radical (unpaired) electrons. The minimum Gasteiger partial charge on any atom is -0.451 e. The van der Waals surface area contributed by atoms with Gasteiger partial charge in [0.05, 0.1) is 39.1 Å². The SMILES string of the molecule is C[C@H]1OC(=O)[C@H](CC2CC2)N(C)C(=O)[C@@H](Cc2ccc(N3CCOCC3)cc2)OC(=O)[C@H](CC(C)(C)F)N(C)C(=O)[C@@H](C)OC(=O)[C@H](CC2CC2)N(C)C(=O)[C@@H](Cc2ccc(N3CCOCC3)cc2)OC[C@H](CC(C)(C)F)N(C)C1=O. The summed E-state index contributed by atoms with van der Waals surface area (Å²) in [5.41, 5.74) is -0.768. The number of nitrogens with zero attached hydrogens (tertiary/aromatic N) is 6. The lowest BCUT2D eigenvalue weighted by atomic mass is 9.99. The summed E-state index contributed by atoms with van der Waals surface area (Å²) in [5, 5.41) is 0. The Balaban J connectivity index is 1.25. The van der Waals surface area contributed by atoms with E-state index in [1.54, 1.807) is 12.1 Å². The van der Waals surface area contributed by atoms with Crippen LogP contribution >= 0.6 is 0 Å². The van der Waals surface area contributed by atoms with Crippen molar-refractivity contribution in [3.05, 3.63) is 59.7 Å². The van der Waals surface area contributed by atoms with Gasteiger partial charge >= 0.3 is 17.9 Å². The summed E-state index contributed by atoms with van der Waals surface area (Å²) in [6, 6.07) is 9.83. The first-order chi connectivity index (χ1) is 38.3. The van der Waals surface area contributed by atoms with Crippen LogP contribution in [0.1, 0.15) is 104 Å². The minimum atomic E-state index is -2.07. The molecule has 81 heavy (non-hydrogen) atoms. The van der Waals surface area contributed by atoms with Gasteiger partial charge in [-0.25, -0.2) is 23.2 Å². The van der Waals surface area contributed by atoms with E-state index in [1.807, 2.05) is 36.4 Å². The van der Waals surface area contributed by atoms with Gasteiger partial charge < -0.3 is 57.8 Å². The Hall–Kier alpha value is -5.93. The largest absolute Gasteiger partial charge is 0.451 e. The molecule has 3 heterocycles. The highest BCUT2D eigenvalue weighted by Gasteiger charge is 2.45. The molecule has 3 saturated heterocycles. The van der Waals surface area contributed by atoms with Gasteiger partial charge in [0.1, 0.15) is 35.6 Å². The van der Waals surface area contributed by atoms with E-state index >= 15 is 18.4 Å². The molecular formula is C60H86F2N6O13. The third-order valence-electron chi connectivity index (χ3n) is 16.1. The van der Waals surface area contributed by atoms with Crippen molar-refractivity contribution in [3.8, 4) is 0 Å². The molecule has 8 atom stereocenters. The van der Waals surface area contributed by atoms with Crippen molar-refractivity contribution in [2.24, 2.45) is 11.8 Å². The van der Waals surface area contributed by atoms with E-state index in [9.17, 15) is 24.0 Å². The standard InChI is InChI=1S/C60H86F2N6O13/c1-38-52(69)63(7)46(35-59(3,4)61)37-78-50(33-42-15-19-44(20-16-42)67-23-27-76-28-24-67)54(71)64(8)47(31-40-11-12-40)56(73)80-39(2)53(70)66(10)49(36-60(5,6)62)58(75)81-51(55(72)65(9)48(57(74)79-38)32-41-13-14-41)34-43-17-21-45(22-18-43)68-25-29-77-30-26-68/h15-22,38-41,46-51H,11-14,23-37H2,1-10H3/t38-,39-,46+,47+,48+,49+,50-,51-/m1/s1. The van der Waals surface area contributed by atoms with Gasteiger partial charge in [-0.15, -0.1) is 0 Å². The lowest BCUT2D eigenvalue weighted by Crippen LogP contribution is -2.54. The smallest absolute Gasteiger partial charge is 0.329 e. The van der Waals surface area contributed by atoms with Crippen LogP contribution in [0.15, 0.2) is 48.5 Å². The predicted molar refractivity (Wildman–Crippen MR) is 298 cm³/mol. The fourth-order valence-corrected chi connectivity index (χ4v) is 10.7. The second-order valence-corrected chi connectivity index (χ2v) is 24.0. The number of benzene rings is 2. The van der Waals surface area contributed by atoms with E-state index in [1.165, 1.54) is 79.5 Å². The van der Waals surface area contributed by atoms with Crippen LogP contribution in [0.3, 0.4) is 0 Å². The van der Waals surface area contributed by atoms with E-state index in [0.29, 0.717) is 63.7 Å². The molecule has 5 fully saturated rings. The number of rotatable bonds is 14. The fourth-order valence-electron chi connectivity index (χ4n) is 10.7. The maximum atomic E-state index is 15.9. The maximum Gasteiger partial charge on any atom is 0.329 e. The van der Waals surface area contributed by atoms with Crippen LogP contribution in [0.25, 0.3) is 0 Å². The number of esters is 3. The number of alkyl halides is 2. The normalized spacial score (nSPS) is 27.5. The third-order valence-corrected chi connectivity index (χ3v) is 16.1. The summed E-state index contributed by atoms with van der Waals surface area (Å²) in [5.74, 6) is -5.85. The average molecular weight is 1140 g/mol. The molecule has 19 nitrogen and oxygen atoms in total. The molecule has 2 aromatic carbocycles. The highest BCUT2D eigenvalue weighted by Crippen LogP contribution is 2.37. The van der Waals surface area contributed by atoms with Gasteiger partial charge in [0.15, 0.2) is 18.3 Å². The Morgan fingerprint density at radius 3 is 1.26 bits per heavy atom. The zero-order chi connectivity index (χ0) is 58.9. The molecule has 5 aliphatic rings. The van der Waals surface area contributed by atoms with Crippen LogP contribution in [0.4, 0.5) is 20.2 Å². The molecule has 2 aromatic rings. The molecule has 3 aliphatic heterocycles. The number of ether oxygens (including phenoxy) is 6. The van der Waals surface area contributed by atoms with Crippen LogP contribution in [0.5, 0.6) is 0 Å². The minimum absolute atomic E-state index is 0.00789. The van der Waals surface area contributed by atoms with Crippen LogP contribution < -0.4 is 9.80 Å².